The van der Waals surface area contributed by atoms with Gasteiger partial charge in [0, 0.05) is 12.6 Å². The standard InChI is InChI=1S/C29H39N3O5/c1-19-14-15-23(20(2)16-19)25(26(34)30-17-21-10-7-6-8-11-21)32(22-12-9-13-22)27(35)24(18-33)31-28(36)37-29(3,4)5/h6-8,10-11,14-16,22,24-25,33H,9,12-13,17-18H2,1-5H3,(H,30,34)(H,31,36). The summed E-state index contributed by atoms with van der Waals surface area (Å²) in [5.74, 6) is -0.831. The normalized spacial score (nSPS) is 15.2. The van der Waals surface area contributed by atoms with Gasteiger partial charge in [-0.3, -0.25) is 9.59 Å². The summed E-state index contributed by atoms with van der Waals surface area (Å²) in [7, 11) is 0. The van der Waals surface area contributed by atoms with E-state index in [-0.39, 0.29) is 11.9 Å². The molecule has 2 atom stereocenters. The van der Waals surface area contributed by atoms with Crippen LogP contribution in [-0.2, 0) is 20.9 Å². The van der Waals surface area contributed by atoms with E-state index < -0.39 is 36.3 Å². The van der Waals surface area contributed by atoms with E-state index in [9.17, 15) is 19.5 Å². The van der Waals surface area contributed by atoms with Gasteiger partial charge >= 0.3 is 6.09 Å². The molecule has 0 bridgehead atoms. The van der Waals surface area contributed by atoms with Crippen molar-refractivity contribution in [2.75, 3.05) is 6.61 Å². The predicted octanol–water partition coefficient (Wildman–Crippen LogP) is 3.93. The van der Waals surface area contributed by atoms with Crippen LogP contribution in [-0.4, -0.2) is 52.2 Å². The van der Waals surface area contributed by atoms with Gasteiger partial charge in [-0.2, -0.15) is 0 Å². The van der Waals surface area contributed by atoms with Gasteiger partial charge in [-0.1, -0.05) is 54.1 Å². The molecular formula is C29H39N3O5. The molecule has 1 saturated carbocycles. The first-order valence-electron chi connectivity index (χ1n) is 12.8. The quantitative estimate of drug-likeness (QED) is 0.475. The maximum atomic E-state index is 13.9. The van der Waals surface area contributed by atoms with Crippen molar-refractivity contribution >= 4 is 17.9 Å². The van der Waals surface area contributed by atoms with Crippen LogP contribution in [0.25, 0.3) is 0 Å². The molecular weight excluding hydrogens is 470 g/mol. The van der Waals surface area contributed by atoms with E-state index in [2.05, 4.69) is 10.6 Å². The number of nitrogens with zero attached hydrogens (tertiary/aromatic N) is 1. The van der Waals surface area contributed by atoms with E-state index in [0.717, 1.165) is 36.0 Å². The molecule has 0 radical (unpaired) electrons. The van der Waals surface area contributed by atoms with Gasteiger partial charge in [0.1, 0.15) is 17.7 Å². The topological polar surface area (TPSA) is 108 Å². The number of carbonyl (C=O) groups is 3. The summed E-state index contributed by atoms with van der Waals surface area (Å²) in [5, 5.41) is 15.6. The average molecular weight is 510 g/mol. The van der Waals surface area contributed by atoms with Crippen molar-refractivity contribution in [3.05, 3.63) is 70.8 Å². The molecule has 0 saturated heterocycles. The summed E-state index contributed by atoms with van der Waals surface area (Å²) in [5.41, 5.74) is 2.82. The minimum atomic E-state index is -1.24. The second-order valence-electron chi connectivity index (χ2n) is 10.7. The van der Waals surface area contributed by atoms with Crippen molar-refractivity contribution in [2.24, 2.45) is 0 Å². The van der Waals surface area contributed by atoms with Crippen LogP contribution in [0.15, 0.2) is 48.5 Å². The smallest absolute Gasteiger partial charge is 0.408 e. The van der Waals surface area contributed by atoms with Gasteiger partial charge in [0.2, 0.25) is 11.8 Å². The molecule has 1 aliphatic rings. The van der Waals surface area contributed by atoms with E-state index in [1.807, 2.05) is 62.4 Å². The van der Waals surface area contributed by atoms with Crippen molar-refractivity contribution in [3.8, 4) is 0 Å². The summed E-state index contributed by atoms with van der Waals surface area (Å²) in [6.45, 7) is 8.75. The monoisotopic (exact) mass is 509 g/mol. The SMILES string of the molecule is Cc1ccc(C(C(=O)NCc2ccccc2)N(C(=O)C(CO)NC(=O)OC(C)(C)C)C2CCC2)c(C)c1. The Balaban J connectivity index is 1.95. The lowest BCUT2D eigenvalue weighted by molar-refractivity contribution is -0.148. The van der Waals surface area contributed by atoms with Gasteiger partial charge in [-0.05, 0) is 70.6 Å². The number of amides is 3. The van der Waals surface area contributed by atoms with E-state index in [0.29, 0.717) is 12.1 Å². The molecule has 0 heterocycles. The summed E-state index contributed by atoms with van der Waals surface area (Å²) in [6, 6.07) is 13.0. The van der Waals surface area contributed by atoms with Gasteiger partial charge in [-0.15, -0.1) is 0 Å². The van der Waals surface area contributed by atoms with E-state index in [1.54, 1.807) is 25.7 Å². The number of alkyl carbamates (subject to hydrolysis) is 1. The molecule has 3 N–H and O–H groups in total. The lowest BCUT2D eigenvalue weighted by Crippen LogP contribution is -2.58. The number of aliphatic hydroxyl groups is 1. The first-order chi connectivity index (χ1) is 17.5. The minimum absolute atomic E-state index is 0.185. The van der Waals surface area contributed by atoms with Crippen molar-refractivity contribution in [1.29, 1.82) is 0 Å². The zero-order valence-corrected chi connectivity index (χ0v) is 22.4. The molecule has 8 heteroatoms. The Hall–Kier alpha value is -3.39. The van der Waals surface area contributed by atoms with Gasteiger partial charge < -0.3 is 25.4 Å². The molecule has 8 nitrogen and oxygen atoms in total. The third kappa shape index (κ3) is 7.55. The molecule has 37 heavy (non-hydrogen) atoms. The second-order valence-corrected chi connectivity index (χ2v) is 10.7. The average Bonchev–Trinajstić information content (AvgIpc) is 2.80. The van der Waals surface area contributed by atoms with Crippen LogP contribution >= 0.6 is 0 Å². The fraction of sp³-hybridized carbons (Fsp3) is 0.483. The molecule has 0 aliphatic heterocycles. The molecule has 2 aromatic rings. The van der Waals surface area contributed by atoms with Gasteiger partial charge in [0.05, 0.1) is 6.61 Å². The van der Waals surface area contributed by atoms with Crippen molar-refractivity contribution in [3.63, 3.8) is 0 Å². The molecule has 200 valence electrons. The van der Waals surface area contributed by atoms with E-state index >= 15 is 0 Å². The Morgan fingerprint density at radius 3 is 2.30 bits per heavy atom. The van der Waals surface area contributed by atoms with Crippen molar-refractivity contribution < 1.29 is 24.2 Å². The highest BCUT2D eigenvalue weighted by Gasteiger charge is 2.42. The number of rotatable bonds is 9. The molecule has 1 fully saturated rings. The summed E-state index contributed by atoms with van der Waals surface area (Å²) < 4.78 is 5.30. The summed E-state index contributed by atoms with van der Waals surface area (Å²) in [4.78, 5) is 41.7. The molecule has 1 aliphatic carbocycles. The number of nitrogens with one attached hydrogen (secondary N) is 2. The number of hydrogen-bond acceptors (Lipinski definition) is 5. The highest BCUT2D eigenvalue weighted by Crippen LogP contribution is 2.35. The van der Waals surface area contributed by atoms with Crippen LogP contribution in [0.5, 0.6) is 0 Å². The maximum absolute atomic E-state index is 13.9. The van der Waals surface area contributed by atoms with Crippen LogP contribution in [0.2, 0.25) is 0 Å². The molecule has 0 spiro atoms. The number of benzene rings is 2. The highest BCUT2D eigenvalue weighted by molar-refractivity contribution is 5.92. The fourth-order valence-corrected chi connectivity index (χ4v) is 4.43. The zero-order valence-electron chi connectivity index (χ0n) is 22.4. The van der Waals surface area contributed by atoms with E-state index in [4.69, 9.17) is 4.74 Å². The van der Waals surface area contributed by atoms with Crippen LogP contribution < -0.4 is 10.6 Å². The van der Waals surface area contributed by atoms with Crippen LogP contribution in [0.4, 0.5) is 4.79 Å². The first kappa shape index (κ1) is 28.2. The predicted molar refractivity (Wildman–Crippen MR) is 142 cm³/mol. The molecule has 2 aromatic carbocycles. The lowest BCUT2D eigenvalue weighted by atomic mass is 9.87. The minimum Gasteiger partial charge on any atom is -0.444 e. The van der Waals surface area contributed by atoms with Crippen LogP contribution in [0.1, 0.15) is 68.3 Å². The largest absolute Gasteiger partial charge is 0.444 e. The van der Waals surface area contributed by atoms with E-state index in [1.165, 1.54) is 0 Å². The second kappa shape index (κ2) is 12.2. The van der Waals surface area contributed by atoms with Gasteiger partial charge in [0.15, 0.2) is 0 Å². The third-order valence-corrected chi connectivity index (χ3v) is 6.45. The lowest BCUT2D eigenvalue weighted by Gasteiger charge is -2.43. The molecule has 0 aromatic heterocycles. The summed E-state index contributed by atoms with van der Waals surface area (Å²) >= 11 is 0. The highest BCUT2D eigenvalue weighted by atomic mass is 16.6. The molecule has 3 amide bonds. The number of carbonyl (C=O) groups excluding carboxylic acids is 3. The Labute approximate surface area is 219 Å². The van der Waals surface area contributed by atoms with Crippen LogP contribution in [0.3, 0.4) is 0 Å². The Bertz CT molecular complexity index is 1090. The van der Waals surface area contributed by atoms with Crippen LogP contribution in [0, 0.1) is 13.8 Å². The number of aliphatic hydroxyl groups excluding tert-OH is 1. The summed E-state index contributed by atoms with van der Waals surface area (Å²) in [6.07, 6.45) is 1.61. The van der Waals surface area contributed by atoms with Crippen molar-refractivity contribution in [1.82, 2.24) is 15.5 Å². The molecule has 2 unspecified atom stereocenters. The zero-order chi connectivity index (χ0) is 27.2. The Morgan fingerprint density at radius 1 is 1.08 bits per heavy atom. The Morgan fingerprint density at radius 2 is 1.76 bits per heavy atom. The number of ether oxygens (including phenoxy) is 1. The third-order valence-electron chi connectivity index (χ3n) is 6.45. The first-order valence-corrected chi connectivity index (χ1v) is 12.8. The fourth-order valence-electron chi connectivity index (χ4n) is 4.43. The number of hydrogen-bond donors (Lipinski definition) is 3. The van der Waals surface area contributed by atoms with Gasteiger partial charge in [-0.25, -0.2) is 4.79 Å². The van der Waals surface area contributed by atoms with Crippen molar-refractivity contribution in [2.45, 2.75) is 84.2 Å². The number of aryl methyl sites for hydroxylation is 2. The maximum Gasteiger partial charge on any atom is 0.408 e. The molecule has 3 rings (SSSR count). The van der Waals surface area contributed by atoms with Gasteiger partial charge in [0.25, 0.3) is 0 Å². The Kier molecular flexibility index (Phi) is 9.32.